The zero-order valence-electron chi connectivity index (χ0n) is 21.5. The molecule has 0 saturated carbocycles. The fraction of sp³-hybridized carbons (Fsp3) is 0.741. The van der Waals surface area contributed by atoms with Crippen LogP contribution in [0.15, 0.2) is 24.3 Å². The summed E-state index contributed by atoms with van der Waals surface area (Å²) in [5, 5.41) is 0. The van der Waals surface area contributed by atoms with Crippen LogP contribution in [0.4, 0.5) is 0 Å². The Morgan fingerprint density at radius 1 is 0.875 bits per heavy atom. The number of carbonyl (C=O) groups excluding carboxylic acids is 1. The minimum absolute atomic E-state index is 0.0184. The zero-order valence-corrected chi connectivity index (χ0v) is 21.5. The van der Waals surface area contributed by atoms with Crippen LogP contribution in [0.25, 0.3) is 0 Å². The van der Waals surface area contributed by atoms with Crippen LogP contribution in [0.5, 0.6) is 0 Å². The lowest BCUT2D eigenvalue weighted by Crippen LogP contribution is -2.41. The number of carbonyl (C=O) groups is 1. The quantitative estimate of drug-likeness (QED) is 0.192. The van der Waals surface area contributed by atoms with Gasteiger partial charge in [0.1, 0.15) is 6.10 Å². The first kappa shape index (κ1) is 26.9. The van der Waals surface area contributed by atoms with Crippen molar-refractivity contribution in [2.24, 2.45) is 5.92 Å². The molecule has 5 heteroatoms. The summed E-state index contributed by atoms with van der Waals surface area (Å²) in [4.78, 5) is 13.0. The van der Waals surface area contributed by atoms with Gasteiger partial charge < -0.3 is 14.0 Å². The summed E-state index contributed by atoms with van der Waals surface area (Å²) in [6, 6.07) is 8.16. The Bertz CT molecular complexity index is 682. The number of hydrogen-bond acceptors (Lipinski definition) is 4. The smallest absolute Gasteiger partial charge is 0.457 e. The summed E-state index contributed by atoms with van der Waals surface area (Å²) >= 11 is 0. The average Bonchev–Trinajstić information content (AvgIpc) is 2.98. The van der Waals surface area contributed by atoms with E-state index < -0.39 is 0 Å². The van der Waals surface area contributed by atoms with Crippen molar-refractivity contribution in [1.82, 2.24) is 0 Å². The Morgan fingerprint density at radius 3 is 1.97 bits per heavy atom. The van der Waals surface area contributed by atoms with Gasteiger partial charge in [-0.2, -0.15) is 0 Å². The summed E-state index contributed by atoms with van der Waals surface area (Å²) < 4.78 is 18.3. The van der Waals surface area contributed by atoms with Crippen LogP contribution in [0.2, 0.25) is 0 Å². The monoisotopic (exact) mass is 444 g/mol. The highest BCUT2D eigenvalue weighted by molar-refractivity contribution is 6.62. The molecule has 2 atom stereocenters. The number of esters is 1. The van der Waals surface area contributed by atoms with Gasteiger partial charge >= 0.3 is 13.1 Å². The van der Waals surface area contributed by atoms with Crippen molar-refractivity contribution in [3.63, 3.8) is 0 Å². The maximum Gasteiger partial charge on any atom is 0.494 e. The molecule has 0 N–H and O–H groups in total. The molecule has 1 heterocycles. The van der Waals surface area contributed by atoms with Crippen molar-refractivity contribution >= 4 is 18.6 Å². The van der Waals surface area contributed by atoms with Gasteiger partial charge in [-0.1, -0.05) is 83.6 Å². The Morgan fingerprint density at radius 2 is 1.44 bits per heavy atom. The summed E-state index contributed by atoms with van der Waals surface area (Å²) in [5.74, 6) is -0.0123. The van der Waals surface area contributed by atoms with Crippen molar-refractivity contribution in [2.45, 2.75) is 124 Å². The van der Waals surface area contributed by atoms with Crippen LogP contribution in [0.3, 0.4) is 0 Å². The standard InChI is InChI=1S/C27H45BO4/c1-8-11-13-14-16-22(15-12-9-2)25(29)30-24(10-3)21-17-19-23(20-18-21)28-31-26(4,5)27(6,7)32-28/h17-20,22,24H,8-16H2,1-7H3. The molecule has 1 aliphatic heterocycles. The highest BCUT2D eigenvalue weighted by Gasteiger charge is 2.51. The van der Waals surface area contributed by atoms with Crippen molar-refractivity contribution < 1.29 is 18.8 Å². The molecule has 0 aliphatic carbocycles. The maximum absolute atomic E-state index is 13.0. The van der Waals surface area contributed by atoms with Crippen LogP contribution in [0.1, 0.15) is 118 Å². The van der Waals surface area contributed by atoms with E-state index in [0.29, 0.717) is 0 Å². The molecule has 1 fully saturated rings. The fourth-order valence-corrected chi connectivity index (χ4v) is 4.12. The first-order valence-electron chi connectivity index (χ1n) is 12.8. The predicted molar refractivity (Wildman–Crippen MR) is 133 cm³/mol. The van der Waals surface area contributed by atoms with Gasteiger partial charge in [0, 0.05) is 0 Å². The Kier molecular flexibility index (Phi) is 10.3. The molecule has 2 unspecified atom stereocenters. The van der Waals surface area contributed by atoms with E-state index in [4.69, 9.17) is 14.0 Å². The highest BCUT2D eigenvalue weighted by atomic mass is 16.7. The first-order chi connectivity index (χ1) is 15.1. The molecule has 0 aromatic heterocycles. The van der Waals surface area contributed by atoms with E-state index in [9.17, 15) is 4.79 Å². The highest BCUT2D eigenvalue weighted by Crippen LogP contribution is 2.36. The van der Waals surface area contributed by atoms with Crippen LogP contribution in [-0.2, 0) is 18.8 Å². The summed E-state index contributed by atoms with van der Waals surface area (Å²) in [6.45, 7) is 14.7. The third kappa shape index (κ3) is 7.09. The van der Waals surface area contributed by atoms with Crippen molar-refractivity contribution in [1.29, 1.82) is 0 Å². The molecule has 1 aliphatic rings. The minimum Gasteiger partial charge on any atom is -0.457 e. The topological polar surface area (TPSA) is 44.8 Å². The second-order valence-corrected chi connectivity index (χ2v) is 10.3. The van der Waals surface area contributed by atoms with E-state index in [2.05, 4.69) is 48.5 Å². The lowest BCUT2D eigenvalue weighted by atomic mass is 9.78. The van der Waals surface area contributed by atoms with Gasteiger partial charge in [0.15, 0.2) is 0 Å². The zero-order chi connectivity index (χ0) is 23.8. The SMILES string of the molecule is CCCCCCC(CCCC)C(=O)OC(CC)c1ccc(B2OC(C)(C)C(C)(C)O2)cc1. The average molecular weight is 444 g/mol. The third-order valence-electron chi connectivity index (χ3n) is 7.11. The van der Waals surface area contributed by atoms with E-state index in [1.165, 1.54) is 19.3 Å². The van der Waals surface area contributed by atoms with E-state index in [-0.39, 0.29) is 36.3 Å². The molecule has 1 aromatic carbocycles. The molecule has 4 nitrogen and oxygen atoms in total. The van der Waals surface area contributed by atoms with Gasteiger partial charge in [-0.25, -0.2) is 0 Å². The van der Waals surface area contributed by atoms with Gasteiger partial charge in [-0.05, 0) is 58.0 Å². The van der Waals surface area contributed by atoms with Gasteiger partial charge in [0.05, 0.1) is 17.1 Å². The van der Waals surface area contributed by atoms with Crippen molar-refractivity contribution in [3.05, 3.63) is 29.8 Å². The van der Waals surface area contributed by atoms with Crippen LogP contribution in [0, 0.1) is 5.92 Å². The molecule has 1 aromatic rings. The normalized spacial score (nSPS) is 19.0. The van der Waals surface area contributed by atoms with Gasteiger partial charge in [0.25, 0.3) is 0 Å². The Hall–Kier alpha value is -1.33. The van der Waals surface area contributed by atoms with E-state index in [1.807, 2.05) is 24.3 Å². The lowest BCUT2D eigenvalue weighted by molar-refractivity contribution is -0.155. The lowest BCUT2D eigenvalue weighted by Gasteiger charge is -2.32. The van der Waals surface area contributed by atoms with Crippen LogP contribution >= 0.6 is 0 Å². The summed E-state index contributed by atoms with van der Waals surface area (Å²) in [6.07, 6.45) is 9.36. The molecule has 1 saturated heterocycles. The summed E-state index contributed by atoms with van der Waals surface area (Å²) in [7, 11) is -0.377. The van der Waals surface area contributed by atoms with E-state index in [1.54, 1.807) is 0 Å². The Balaban J connectivity index is 2.02. The molecular formula is C27H45BO4. The number of unbranched alkanes of at least 4 members (excludes halogenated alkanes) is 4. The Labute approximate surface area is 196 Å². The van der Waals surface area contributed by atoms with Crippen molar-refractivity contribution in [3.8, 4) is 0 Å². The predicted octanol–water partition coefficient (Wildman–Crippen LogP) is 6.76. The third-order valence-corrected chi connectivity index (χ3v) is 7.11. The summed E-state index contributed by atoms with van der Waals surface area (Å²) in [5.41, 5.74) is 1.30. The number of ether oxygens (including phenoxy) is 1. The fourth-order valence-electron chi connectivity index (χ4n) is 4.12. The molecular weight excluding hydrogens is 399 g/mol. The molecule has 0 radical (unpaired) electrons. The first-order valence-corrected chi connectivity index (χ1v) is 12.8. The maximum atomic E-state index is 13.0. The molecule has 0 amide bonds. The van der Waals surface area contributed by atoms with Gasteiger partial charge in [0.2, 0.25) is 0 Å². The van der Waals surface area contributed by atoms with E-state index in [0.717, 1.165) is 49.6 Å². The second kappa shape index (κ2) is 12.2. The van der Waals surface area contributed by atoms with Gasteiger partial charge in [-0.3, -0.25) is 4.79 Å². The van der Waals surface area contributed by atoms with Crippen molar-refractivity contribution in [2.75, 3.05) is 0 Å². The number of hydrogen-bond donors (Lipinski definition) is 0. The largest absolute Gasteiger partial charge is 0.494 e. The number of rotatable bonds is 13. The van der Waals surface area contributed by atoms with Crippen LogP contribution < -0.4 is 5.46 Å². The molecule has 32 heavy (non-hydrogen) atoms. The molecule has 180 valence electrons. The van der Waals surface area contributed by atoms with Gasteiger partial charge in [-0.15, -0.1) is 0 Å². The van der Waals surface area contributed by atoms with E-state index >= 15 is 0 Å². The second-order valence-electron chi connectivity index (χ2n) is 10.3. The molecule has 2 rings (SSSR count). The minimum atomic E-state index is -0.377. The number of benzene rings is 1. The molecule has 0 bridgehead atoms. The van der Waals surface area contributed by atoms with Crippen LogP contribution in [-0.4, -0.2) is 24.3 Å². The molecule has 0 spiro atoms.